The molecule has 1 heterocycles. The Labute approximate surface area is 256 Å². The molecule has 2 fully saturated rings. The molecule has 242 valence electrons. The van der Waals surface area contributed by atoms with Gasteiger partial charge < -0.3 is 14.7 Å². The molecule has 0 amide bonds. The van der Waals surface area contributed by atoms with Gasteiger partial charge in [0.05, 0.1) is 16.5 Å². The Morgan fingerprint density at radius 2 is 1.40 bits per heavy atom. The summed E-state index contributed by atoms with van der Waals surface area (Å²) in [7, 11) is 0. The van der Waals surface area contributed by atoms with Gasteiger partial charge in [0, 0.05) is 6.04 Å². The molecule has 3 aromatic carbocycles. The molecule has 1 N–H and O–H groups in total. The minimum Gasteiger partial charge on any atom is -0.462 e. The molecular weight excluding hydrogens is 603 g/mol. The number of hydrogen-bond acceptors (Lipinski definition) is 4. The van der Waals surface area contributed by atoms with E-state index in [-0.39, 0.29) is 17.9 Å². The average Bonchev–Trinajstić information content (AvgIpc) is 3.03. The first-order valence-electron chi connectivity index (χ1n) is 15.0. The van der Waals surface area contributed by atoms with E-state index in [0.29, 0.717) is 49.3 Å². The maximum Gasteiger partial charge on any atom is 0.416 e. The molecule has 4 nitrogen and oxygen atoms in total. The molecule has 2 aliphatic rings. The number of hydrogen-bond donors (Lipinski definition) is 1. The van der Waals surface area contributed by atoms with Gasteiger partial charge in [0.25, 0.3) is 0 Å². The van der Waals surface area contributed by atoms with Gasteiger partial charge in [-0.2, -0.15) is 26.3 Å². The summed E-state index contributed by atoms with van der Waals surface area (Å²) in [6.07, 6.45) is -7.98. The minimum atomic E-state index is -5.07. The number of aliphatic hydroxyl groups is 1. The number of ether oxygens (including phenoxy) is 1. The summed E-state index contributed by atoms with van der Waals surface area (Å²) >= 11 is 0. The van der Waals surface area contributed by atoms with E-state index in [2.05, 4.69) is 4.90 Å². The zero-order valence-corrected chi connectivity index (χ0v) is 24.4. The Bertz CT molecular complexity index is 1410. The monoisotopic (exact) mass is 637 g/mol. The van der Waals surface area contributed by atoms with Crippen LogP contribution in [-0.4, -0.2) is 41.7 Å². The molecule has 1 saturated carbocycles. The fourth-order valence-corrected chi connectivity index (χ4v) is 6.72. The second-order valence-electron chi connectivity index (χ2n) is 12.0. The Morgan fingerprint density at radius 1 is 0.844 bits per heavy atom. The van der Waals surface area contributed by atoms with Crippen molar-refractivity contribution in [3.05, 3.63) is 106 Å². The fraction of sp³-hybridized carbons (Fsp3) is 0.441. The Kier molecular flexibility index (Phi) is 9.60. The highest BCUT2D eigenvalue weighted by atomic mass is 19.4. The average molecular weight is 638 g/mol. The van der Waals surface area contributed by atoms with Gasteiger partial charge in [-0.15, -0.1) is 0 Å². The predicted molar refractivity (Wildman–Crippen MR) is 153 cm³/mol. The van der Waals surface area contributed by atoms with Crippen molar-refractivity contribution in [2.24, 2.45) is 0 Å². The van der Waals surface area contributed by atoms with Crippen molar-refractivity contribution >= 4 is 5.97 Å². The van der Waals surface area contributed by atoms with Crippen molar-refractivity contribution in [1.29, 1.82) is 0 Å². The third-order valence-electron chi connectivity index (χ3n) is 9.28. The van der Waals surface area contributed by atoms with Gasteiger partial charge >= 0.3 is 18.3 Å². The van der Waals surface area contributed by atoms with E-state index in [1.165, 1.54) is 12.1 Å². The first-order chi connectivity index (χ1) is 21.3. The number of carbonyl (C=O) groups is 1. The molecule has 1 aliphatic heterocycles. The number of nitrogens with zero attached hydrogens (tertiary/aromatic N) is 1. The quantitative estimate of drug-likeness (QED) is 0.210. The molecule has 0 bridgehead atoms. The summed E-state index contributed by atoms with van der Waals surface area (Å²) in [5, 5.41) is 10.6. The number of benzene rings is 3. The lowest BCUT2D eigenvalue weighted by Crippen LogP contribution is -2.48. The van der Waals surface area contributed by atoms with Crippen LogP contribution in [0, 0.1) is 5.82 Å². The third-order valence-corrected chi connectivity index (χ3v) is 9.28. The van der Waals surface area contributed by atoms with Crippen LogP contribution in [0.2, 0.25) is 0 Å². The molecule has 3 aromatic rings. The molecule has 0 spiro atoms. The first kappa shape index (κ1) is 32.9. The lowest BCUT2D eigenvalue weighted by Gasteiger charge is -2.44. The maximum absolute atomic E-state index is 13.7. The van der Waals surface area contributed by atoms with Gasteiger partial charge in [-0.05, 0) is 105 Å². The molecule has 5 rings (SSSR count). The van der Waals surface area contributed by atoms with Crippen molar-refractivity contribution < 1.29 is 45.4 Å². The Hall–Kier alpha value is -3.44. The van der Waals surface area contributed by atoms with E-state index in [1.807, 2.05) is 12.1 Å². The third kappa shape index (κ3) is 7.52. The molecule has 1 unspecified atom stereocenters. The molecule has 1 aliphatic carbocycles. The van der Waals surface area contributed by atoms with E-state index in [4.69, 9.17) is 4.74 Å². The minimum absolute atomic E-state index is 0.0175. The van der Waals surface area contributed by atoms with Crippen molar-refractivity contribution in [3.63, 3.8) is 0 Å². The molecule has 45 heavy (non-hydrogen) atoms. The molecule has 0 aromatic heterocycles. The molecule has 0 radical (unpaired) electrons. The molecule has 11 heteroatoms. The summed E-state index contributed by atoms with van der Waals surface area (Å²) in [4.78, 5) is 16.1. The largest absolute Gasteiger partial charge is 0.462 e. The number of alkyl halides is 6. The Balaban J connectivity index is 1.26. The van der Waals surface area contributed by atoms with Crippen LogP contribution >= 0.6 is 0 Å². The second-order valence-corrected chi connectivity index (χ2v) is 12.0. The van der Waals surface area contributed by atoms with Crippen LogP contribution in [-0.2, 0) is 27.3 Å². The van der Waals surface area contributed by atoms with Crippen molar-refractivity contribution in [2.75, 3.05) is 19.7 Å². The summed E-state index contributed by atoms with van der Waals surface area (Å²) in [5.74, 6) is -0.594. The van der Waals surface area contributed by atoms with Gasteiger partial charge in [0.15, 0.2) is 0 Å². The van der Waals surface area contributed by atoms with E-state index in [9.17, 15) is 40.6 Å². The summed E-state index contributed by atoms with van der Waals surface area (Å²) in [5.41, 5.74) is -3.01. The smallest absolute Gasteiger partial charge is 0.416 e. The van der Waals surface area contributed by atoms with Crippen LogP contribution in [0.15, 0.2) is 72.8 Å². The van der Waals surface area contributed by atoms with E-state index >= 15 is 0 Å². The Morgan fingerprint density at radius 3 is 1.93 bits per heavy atom. The van der Waals surface area contributed by atoms with E-state index in [1.54, 1.807) is 30.3 Å². The fourth-order valence-electron chi connectivity index (χ4n) is 6.72. The maximum atomic E-state index is 13.7. The van der Waals surface area contributed by atoms with Gasteiger partial charge in [-0.3, -0.25) is 4.79 Å². The zero-order valence-electron chi connectivity index (χ0n) is 24.4. The van der Waals surface area contributed by atoms with E-state index in [0.717, 1.165) is 31.5 Å². The lowest BCUT2D eigenvalue weighted by molar-refractivity contribution is -0.156. The van der Waals surface area contributed by atoms with Crippen LogP contribution in [0.5, 0.6) is 0 Å². The number of likely N-dealkylation sites (tertiary alicyclic amines) is 1. The van der Waals surface area contributed by atoms with Gasteiger partial charge in [0.1, 0.15) is 18.5 Å². The predicted octanol–water partition coefficient (Wildman–Crippen LogP) is 8.20. The van der Waals surface area contributed by atoms with Crippen molar-refractivity contribution in [3.8, 4) is 0 Å². The van der Waals surface area contributed by atoms with Gasteiger partial charge in [-0.25, -0.2) is 4.39 Å². The number of piperidine rings is 1. The van der Waals surface area contributed by atoms with Gasteiger partial charge in [-0.1, -0.05) is 42.5 Å². The molecular formula is C34H34F7NO3. The van der Waals surface area contributed by atoms with Crippen LogP contribution in [0.25, 0.3) is 0 Å². The molecule has 1 atom stereocenters. The topological polar surface area (TPSA) is 49.8 Å². The number of halogens is 7. The van der Waals surface area contributed by atoms with E-state index < -0.39 is 53.1 Å². The van der Waals surface area contributed by atoms with Crippen LogP contribution in [0.3, 0.4) is 0 Å². The zero-order chi connectivity index (χ0) is 32.4. The first-order valence-corrected chi connectivity index (χ1v) is 15.0. The normalized spacial score (nSPS) is 22.6. The van der Waals surface area contributed by atoms with Gasteiger partial charge in [0.2, 0.25) is 0 Å². The van der Waals surface area contributed by atoms with Crippen LogP contribution in [0.1, 0.15) is 78.4 Å². The summed E-state index contributed by atoms with van der Waals surface area (Å²) in [6.45, 7) is 0.920. The SMILES string of the molecule is O=C(OCC(O)c1cc(C(F)(F)F)cc(C(F)(F)F)c1)[C@]1(c2ccccc2)CC[C@@H](N2CCC(c3ccc(F)cc3)CC2)CC1. The second kappa shape index (κ2) is 13.1. The number of aliphatic hydroxyl groups excluding tert-OH is 1. The number of rotatable bonds is 7. The van der Waals surface area contributed by atoms with Crippen molar-refractivity contribution in [2.45, 2.75) is 74.4 Å². The summed E-state index contributed by atoms with van der Waals surface area (Å²) < 4.78 is 98.7. The number of esters is 1. The van der Waals surface area contributed by atoms with Crippen molar-refractivity contribution in [1.82, 2.24) is 4.90 Å². The van der Waals surface area contributed by atoms with Crippen LogP contribution < -0.4 is 0 Å². The lowest BCUT2D eigenvalue weighted by atomic mass is 9.67. The summed E-state index contributed by atoms with van der Waals surface area (Å²) in [6, 6.07) is 16.7. The highest BCUT2D eigenvalue weighted by Crippen LogP contribution is 2.44. The highest BCUT2D eigenvalue weighted by Gasteiger charge is 2.46. The number of carbonyl (C=O) groups excluding carboxylic acids is 1. The highest BCUT2D eigenvalue weighted by molar-refractivity contribution is 5.83. The standard InChI is InChI=1S/C34H34F7NO3/c35-28-8-6-22(7-9-28)23-12-16-42(17-13-23)29-10-14-32(15-11-29,25-4-2-1-3-5-25)31(44)45-21-30(43)24-18-26(33(36,37)38)20-27(19-24)34(39,40)41/h1-9,18-20,23,29-30,43H,10-17,21H2/t29-,30?,32-. The van der Waals surface area contributed by atoms with Crippen LogP contribution in [0.4, 0.5) is 30.7 Å². The molecule has 1 saturated heterocycles.